The molecule has 2 heterocycles. The molecule has 2 N–H and O–H groups in total. The molecule has 3 aliphatic rings. The molecule has 1 amide bonds. The second kappa shape index (κ2) is 13.3. The Morgan fingerprint density at radius 2 is 1.91 bits per heavy atom. The van der Waals surface area contributed by atoms with Crippen molar-refractivity contribution in [1.29, 1.82) is 0 Å². The second-order valence-electron chi connectivity index (χ2n) is 12.8. The maximum absolute atomic E-state index is 13.4. The second-order valence-corrected chi connectivity index (χ2v) is 15.3. The van der Waals surface area contributed by atoms with Crippen LogP contribution in [-0.4, -0.2) is 57.1 Å². The summed E-state index contributed by atoms with van der Waals surface area (Å²) < 4.78 is 40.8. The van der Waals surface area contributed by atoms with Crippen molar-refractivity contribution >= 4 is 33.2 Å². The lowest BCUT2D eigenvalue weighted by atomic mass is 9.63. The number of sulfonamides is 1. The number of carbonyl (C=O) groups excluding carboxylic acids is 1. The molecule has 2 bridgehead atoms. The highest BCUT2D eigenvalue weighted by atomic mass is 35.5. The smallest absolute Gasteiger partial charge is 0.264 e. The van der Waals surface area contributed by atoms with Crippen LogP contribution in [0.2, 0.25) is 5.02 Å². The van der Waals surface area contributed by atoms with E-state index in [1.54, 1.807) is 32.2 Å². The number of rotatable bonds is 2. The Morgan fingerprint density at radius 3 is 2.65 bits per heavy atom. The molecular formula is C33H45ClN2O6S. The third-order valence-electron chi connectivity index (χ3n) is 9.99. The number of ether oxygens (including phenoxy) is 2. The van der Waals surface area contributed by atoms with Crippen molar-refractivity contribution in [2.45, 2.75) is 82.7 Å². The molecular weight excluding hydrogens is 588 g/mol. The van der Waals surface area contributed by atoms with Gasteiger partial charge >= 0.3 is 0 Å². The Kier molecular flexibility index (Phi) is 9.96. The van der Waals surface area contributed by atoms with Gasteiger partial charge in [0.1, 0.15) is 12.4 Å². The minimum absolute atomic E-state index is 0.0669. The van der Waals surface area contributed by atoms with Crippen LogP contribution in [0.1, 0.15) is 80.3 Å². The average molecular weight is 633 g/mol. The fourth-order valence-corrected chi connectivity index (χ4v) is 8.53. The summed E-state index contributed by atoms with van der Waals surface area (Å²) in [6.07, 6.45) is 6.49. The maximum Gasteiger partial charge on any atom is 0.264 e. The van der Waals surface area contributed by atoms with Crippen LogP contribution >= 0.6 is 11.6 Å². The van der Waals surface area contributed by atoms with Gasteiger partial charge in [-0.3, -0.25) is 4.79 Å². The highest BCUT2D eigenvalue weighted by Crippen LogP contribution is 2.46. The van der Waals surface area contributed by atoms with Crippen LogP contribution in [0, 0.1) is 17.8 Å². The number of amides is 1. The molecule has 1 saturated carbocycles. The number of methoxy groups -OCH3 is 1. The van der Waals surface area contributed by atoms with Crippen molar-refractivity contribution in [3.8, 4) is 5.75 Å². The topological polar surface area (TPSA) is 105 Å². The summed E-state index contributed by atoms with van der Waals surface area (Å²) in [6.45, 7) is 5.56. The largest absolute Gasteiger partial charge is 0.487 e. The normalized spacial score (nSPS) is 30.0. The fraction of sp³-hybridized carbons (Fsp3) is 0.606. The van der Waals surface area contributed by atoms with Crippen LogP contribution in [-0.2, 0) is 27.8 Å². The summed E-state index contributed by atoms with van der Waals surface area (Å²) >= 11 is 6.32. The predicted molar refractivity (Wildman–Crippen MR) is 169 cm³/mol. The zero-order valence-corrected chi connectivity index (χ0v) is 27.1. The van der Waals surface area contributed by atoms with Crippen LogP contribution in [0.3, 0.4) is 0 Å². The van der Waals surface area contributed by atoms with Crippen LogP contribution < -0.4 is 14.4 Å². The van der Waals surface area contributed by atoms with Crippen LogP contribution in [0.5, 0.6) is 5.75 Å². The van der Waals surface area contributed by atoms with Gasteiger partial charge in [-0.25, -0.2) is 13.1 Å². The zero-order chi connectivity index (χ0) is 30.8. The van der Waals surface area contributed by atoms with Crippen molar-refractivity contribution in [1.82, 2.24) is 4.72 Å². The highest BCUT2D eigenvalue weighted by Gasteiger charge is 2.47. The third-order valence-corrected chi connectivity index (χ3v) is 12.1. The van der Waals surface area contributed by atoms with E-state index in [2.05, 4.69) is 9.62 Å². The molecule has 1 aliphatic carbocycles. The van der Waals surface area contributed by atoms with Gasteiger partial charge in [0.15, 0.2) is 0 Å². The van der Waals surface area contributed by atoms with Crippen molar-refractivity contribution in [2.75, 3.05) is 31.7 Å². The quantitative estimate of drug-likeness (QED) is 0.435. The molecule has 10 heteroatoms. The Hall–Kier alpha value is -2.33. The Bertz CT molecular complexity index is 1420. The van der Waals surface area contributed by atoms with Gasteiger partial charge in [-0.15, -0.1) is 0 Å². The molecule has 0 spiro atoms. The monoisotopic (exact) mass is 632 g/mol. The van der Waals surface area contributed by atoms with E-state index in [0.717, 1.165) is 49.9 Å². The van der Waals surface area contributed by atoms with Gasteiger partial charge in [0.2, 0.25) is 10.0 Å². The molecule has 0 saturated heterocycles. The third kappa shape index (κ3) is 7.16. The number of anilines is 1. The molecule has 8 nitrogen and oxygen atoms in total. The van der Waals surface area contributed by atoms with Crippen LogP contribution in [0.4, 0.5) is 5.69 Å². The molecule has 2 aliphatic heterocycles. The van der Waals surface area contributed by atoms with Crippen molar-refractivity contribution in [3.63, 3.8) is 0 Å². The lowest BCUT2D eigenvalue weighted by Gasteiger charge is -2.49. The van der Waals surface area contributed by atoms with E-state index in [1.165, 1.54) is 5.56 Å². The number of benzene rings is 2. The standard InChI is InChI=1S/C33H45ClN2O6S/c1-22-7-6-15-33(38,21-41-3)29-13-10-26(29)19-36-16-5-4-8-24-17-28(34)12-9-27(24)20-42-31-14-11-25(18-30(31)36)32(37)35-43(39,40)23(22)2/h9,11-12,14,17-18,22-23,26,29,38H,4-8,10,13,15-16,19-21H2,1-3H3,(H,35,37)/t22-,23+,26-,29+,33+/m0/s1. The van der Waals surface area contributed by atoms with Gasteiger partial charge in [-0.05, 0) is 111 Å². The lowest BCUT2D eigenvalue weighted by Crippen LogP contribution is -2.53. The van der Waals surface area contributed by atoms with E-state index in [1.807, 2.05) is 25.1 Å². The number of hydrogen-bond acceptors (Lipinski definition) is 7. The Labute approximate surface area is 261 Å². The maximum atomic E-state index is 13.4. The molecule has 5 rings (SSSR count). The van der Waals surface area contributed by atoms with Gasteiger partial charge in [-0.2, -0.15) is 0 Å². The van der Waals surface area contributed by atoms with Gasteiger partial charge in [0, 0.05) is 30.8 Å². The number of carbonyl (C=O) groups is 1. The number of nitrogens with zero attached hydrogens (tertiary/aromatic N) is 1. The van der Waals surface area contributed by atoms with Crippen LogP contribution in [0.25, 0.3) is 0 Å². The first kappa shape index (κ1) is 32.1. The van der Waals surface area contributed by atoms with E-state index >= 15 is 0 Å². The number of nitrogens with one attached hydrogen (secondary N) is 1. The summed E-state index contributed by atoms with van der Waals surface area (Å²) in [5.41, 5.74) is 2.28. The Morgan fingerprint density at radius 1 is 1.09 bits per heavy atom. The molecule has 5 atom stereocenters. The number of aryl methyl sites for hydroxylation is 1. The summed E-state index contributed by atoms with van der Waals surface area (Å²) in [5, 5.41) is 11.8. The molecule has 43 heavy (non-hydrogen) atoms. The summed E-state index contributed by atoms with van der Waals surface area (Å²) in [5.74, 6) is 0.109. The van der Waals surface area contributed by atoms with Gasteiger partial charge in [0.05, 0.1) is 23.1 Å². The van der Waals surface area contributed by atoms with Gasteiger partial charge < -0.3 is 19.5 Å². The summed E-state index contributed by atoms with van der Waals surface area (Å²) in [7, 11) is -2.30. The van der Waals surface area contributed by atoms with Crippen molar-refractivity contribution in [2.24, 2.45) is 17.8 Å². The van der Waals surface area contributed by atoms with E-state index in [-0.39, 0.29) is 29.9 Å². The molecule has 2 aromatic carbocycles. The SMILES string of the molecule is COC[C@]1(O)CCC[C@H](C)[C@@H](C)S(=O)(=O)NC(=O)c2ccc3c(c2)N(CCCCc2cc(Cl)ccc2CO3)C[C@@H]2CC[C@H]21. The number of hydrogen-bond donors (Lipinski definition) is 2. The minimum Gasteiger partial charge on any atom is -0.487 e. The number of halogens is 1. The first-order chi connectivity index (χ1) is 20.5. The highest BCUT2D eigenvalue weighted by molar-refractivity contribution is 7.90. The molecule has 0 aromatic heterocycles. The van der Waals surface area contributed by atoms with Gasteiger partial charge in [0.25, 0.3) is 5.91 Å². The average Bonchev–Trinajstić information content (AvgIpc) is 2.97. The van der Waals surface area contributed by atoms with E-state index in [4.69, 9.17) is 21.1 Å². The molecule has 2 aromatic rings. The van der Waals surface area contributed by atoms with E-state index in [0.29, 0.717) is 43.2 Å². The summed E-state index contributed by atoms with van der Waals surface area (Å²) in [6, 6.07) is 11.0. The number of aliphatic hydroxyl groups is 1. The molecule has 1 fully saturated rings. The van der Waals surface area contributed by atoms with E-state index < -0.39 is 26.8 Å². The first-order valence-electron chi connectivity index (χ1n) is 15.6. The van der Waals surface area contributed by atoms with Gasteiger partial charge in [-0.1, -0.05) is 31.0 Å². The summed E-state index contributed by atoms with van der Waals surface area (Å²) in [4.78, 5) is 15.6. The molecule has 0 unspecified atom stereocenters. The first-order valence-corrected chi connectivity index (χ1v) is 17.5. The molecule has 236 valence electrons. The van der Waals surface area contributed by atoms with E-state index in [9.17, 15) is 18.3 Å². The Balaban J connectivity index is 1.55. The number of fused-ring (bicyclic) bond motifs is 3. The van der Waals surface area contributed by atoms with Crippen molar-refractivity contribution < 1.29 is 27.8 Å². The predicted octanol–water partition coefficient (Wildman–Crippen LogP) is 5.73. The lowest BCUT2D eigenvalue weighted by molar-refractivity contribution is -0.125. The van der Waals surface area contributed by atoms with Crippen molar-refractivity contribution in [3.05, 3.63) is 58.1 Å². The zero-order valence-electron chi connectivity index (χ0n) is 25.5. The van der Waals surface area contributed by atoms with Crippen LogP contribution in [0.15, 0.2) is 36.4 Å². The minimum atomic E-state index is -3.93. The fourth-order valence-electron chi connectivity index (χ4n) is 7.02. The molecule has 0 radical (unpaired) electrons.